The Kier molecular flexibility index (Phi) is 4.47. The summed E-state index contributed by atoms with van der Waals surface area (Å²) in [4.78, 5) is 0. The Morgan fingerprint density at radius 3 is 2.47 bits per heavy atom. The molecule has 0 spiro atoms. The van der Waals surface area contributed by atoms with Crippen LogP contribution in [0.1, 0.15) is 18.6 Å². The molecule has 0 aliphatic carbocycles. The second-order valence-corrected chi connectivity index (χ2v) is 3.76. The van der Waals surface area contributed by atoms with E-state index in [0.29, 0.717) is 5.56 Å². The number of rotatable bonds is 4. The largest absolute Gasteiger partial charge is 0.411 e. The molecular formula is C11H13F4NO. The first-order valence-corrected chi connectivity index (χ1v) is 4.99. The Morgan fingerprint density at radius 1 is 1.35 bits per heavy atom. The minimum atomic E-state index is -4.43. The van der Waals surface area contributed by atoms with Crippen molar-refractivity contribution in [3.63, 3.8) is 0 Å². The van der Waals surface area contributed by atoms with Crippen LogP contribution in [0.25, 0.3) is 0 Å². The highest BCUT2D eigenvalue weighted by Gasteiger charge is 2.30. The van der Waals surface area contributed by atoms with Gasteiger partial charge in [0.1, 0.15) is 12.4 Å². The second kappa shape index (κ2) is 5.46. The quantitative estimate of drug-likeness (QED) is 0.835. The van der Waals surface area contributed by atoms with E-state index in [1.54, 1.807) is 0 Å². The van der Waals surface area contributed by atoms with Gasteiger partial charge in [0, 0.05) is 6.04 Å². The fourth-order valence-electron chi connectivity index (χ4n) is 1.42. The van der Waals surface area contributed by atoms with Crippen LogP contribution in [0.15, 0.2) is 24.3 Å². The van der Waals surface area contributed by atoms with Crippen LogP contribution in [0.3, 0.4) is 0 Å². The zero-order valence-corrected chi connectivity index (χ0v) is 9.17. The molecule has 96 valence electrons. The van der Waals surface area contributed by atoms with Crippen molar-refractivity contribution >= 4 is 0 Å². The van der Waals surface area contributed by atoms with E-state index in [1.807, 2.05) is 0 Å². The lowest BCUT2D eigenvalue weighted by Crippen LogP contribution is -2.30. The number of benzene rings is 1. The zero-order valence-electron chi connectivity index (χ0n) is 9.17. The van der Waals surface area contributed by atoms with E-state index in [0.717, 1.165) is 6.07 Å². The molecule has 0 aromatic heterocycles. The zero-order chi connectivity index (χ0) is 13.1. The van der Waals surface area contributed by atoms with Gasteiger partial charge in [0.15, 0.2) is 0 Å². The predicted octanol–water partition coefficient (Wildman–Crippen LogP) is 2.79. The first kappa shape index (κ1) is 13.9. The van der Waals surface area contributed by atoms with Crippen molar-refractivity contribution in [1.29, 1.82) is 0 Å². The standard InChI is InChI=1S/C11H13F4NO/c1-7(16)10(17-6-11(13,14)15)8-3-2-4-9(12)5-8/h2-5,7,10H,6,16H2,1H3. The Morgan fingerprint density at radius 2 is 2.00 bits per heavy atom. The molecule has 0 saturated carbocycles. The summed E-state index contributed by atoms with van der Waals surface area (Å²) in [5, 5.41) is 0. The first-order valence-electron chi connectivity index (χ1n) is 4.99. The molecule has 1 aromatic carbocycles. The van der Waals surface area contributed by atoms with Gasteiger partial charge in [-0.15, -0.1) is 0 Å². The maximum Gasteiger partial charge on any atom is 0.411 e. The molecular weight excluding hydrogens is 238 g/mol. The van der Waals surface area contributed by atoms with E-state index in [4.69, 9.17) is 10.5 Å². The van der Waals surface area contributed by atoms with E-state index in [9.17, 15) is 17.6 Å². The van der Waals surface area contributed by atoms with Gasteiger partial charge in [-0.05, 0) is 24.6 Å². The Labute approximate surface area is 96.4 Å². The maximum atomic E-state index is 12.9. The molecule has 0 fully saturated rings. The number of nitrogens with two attached hydrogens (primary N) is 1. The van der Waals surface area contributed by atoms with E-state index in [2.05, 4.69) is 0 Å². The van der Waals surface area contributed by atoms with Gasteiger partial charge in [0.05, 0.1) is 6.10 Å². The molecule has 2 N–H and O–H groups in total. The van der Waals surface area contributed by atoms with Crippen molar-refractivity contribution in [2.75, 3.05) is 6.61 Å². The number of hydrogen-bond acceptors (Lipinski definition) is 2. The van der Waals surface area contributed by atoms with Crippen LogP contribution in [-0.4, -0.2) is 18.8 Å². The molecule has 0 radical (unpaired) electrons. The fraction of sp³-hybridized carbons (Fsp3) is 0.455. The van der Waals surface area contributed by atoms with Gasteiger partial charge in [0.25, 0.3) is 0 Å². The second-order valence-electron chi connectivity index (χ2n) is 3.76. The third-order valence-corrected chi connectivity index (χ3v) is 2.08. The highest BCUT2D eigenvalue weighted by atomic mass is 19.4. The van der Waals surface area contributed by atoms with Gasteiger partial charge < -0.3 is 10.5 Å². The number of alkyl halides is 3. The molecule has 1 rings (SSSR count). The highest BCUT2D eigenvalue weighted by Crippen LogP contribution is 2.24. The summed E-state index contributed by atoms with van der Waals surface area (Å²) in [5.74, 6) is -0.538. The average molecular weight is 251 g/mol. The molecule has 0 aliphatic rings. The summed E-state index contributed by atoms with van der Waals surface area (Å²) >= 11 is 0. The predicted molar refractivity (Wildman–Crippen MR) is 54.8 cm³/mol. The van der Waals surface area contributed by atoms with E-state index in [-0.39, 0.29) is 0 Å². The van der Waals surface area contributed by atoms with Crippen LogP contribution in [0.2, 0.25) is 0 Å². The van der Waals surface area contributed by atoms with E-state index >= 15 is 0 Å². The maximum absolute atomic E-state index is 12.9. The van der Waals surface area contributed by atoms with E-state index < -0.39 is 30.7 Å². The van der Waals surface area contributed by atoms with Crippen LogP contribution < -0.4 is 5.73 Å². The van der Waals surface area contributed by atoms with Gasteiger partial charge >= 0.3 is 6.18 Å². The minimum absolute atomic E-state index is 0.296. The Balaban J connectivity index is 2.79. The third-order valence-electron chi connectivity index (χ3n) is 2.08. The molecule has 2 unspecified atom stereocenters. The lowest BCUT2D eigenvalue weighted by Gasteiger charge is -2.22. The van der Waals surface area contributed by atoms with Crippen LogP contribution in [0, 0.1) is 5.82 Å². The lowest BCUT2D eigenvalue weighted by atomic mass is 10.0. The Hall–Kier alpha value is -1.14. The van der Waals surface area contributed by atoms with Gasteiger partial charge in [-0.2, -0.15) is 13.2 Å². The summed E-state index contributed by atoms with van der Waals surface area (Å²) in [6, 6.07) is 4.53. The SMILES string of the molecule is CC(N)C(OCC(F)(F)F)c1cccc(F)c1. The molecule has 17 heavy (non-hydrogen) atoms. The molecule has 0 heterocycles. The molecule has 2 nitrogen and oxygen atoms in total. The van der Waals surface area contributed by atoms with E-state index in [1.165, 1.54) is 25.1 Å². The fourth-order valence-corrected chi connectivity index (χ4v) is 1.42. The molecule has 0 saturated heterocycles. The number of ether oxygens (including phenoxy) is 1. The van der Waals surface area contributed by atoms with Crippen molar-refractivity contribution in [3.8, 4) is 0 Å². The monoisotopic (exact) mass is 251 g/mol. The number of hydrogen-bond donors (Lipinski definition) is 1. The van der Waals surface area contributed by atoms with Crippen LogP contribution in [-0.2, 0) is 4.74 Å². The summed E-state index contributed by atoms with van der Waals surface area (Å²) in [5.41, 5.74) is 5.83. The molecule has 2 atom stereocenters. The van der Waals surface area contributed by atoms with Crippen molar-refractivity contribution in [3.05, 3.63) is 35.6 Å². The smallest absolute Gasteiger partial charge is 0.362 e. The topological polar surface area (TPSA) is 35.2 Å². The average Bonchev–Trinajstić information content (AvgIpc) is 2.15. The third kappa shape index (κ3) is 4.70. The van der Waals surface area contributed by atoms with Gasteiger partial charge in [-0.25, -0.2) is 4.39 Å². The van der Waals surface area contributed by atoms with Gasteiger partial charge in [0.2, 0.25) is 0 Å². The first-order chi connectivity index (χ1) is 7.79. The van der Waals surface area contributed by atoms with Crippen molar-refractivity contribution in [2.45, 2.75) is 25.2 Å². The summed E-state index contributed by atoms with van der Waals surface area (Å²) in [6.45, 7) is 0.0989. The van der Waals surface area contributed by atoms with Crippen LogP contribution in [0.5, 0.6) is 0 Å². The molecule has 0 bridgehead atoms. The Bertz CT molecular complexity index is 365. The van der Waals surface area contributed by atoms with Crippen molar-refractivity contribution < 1.29 is 22.3 Å². The molecule has 1 aromatic rings. The minimum Gasteiger partial charge on any atom is -0.362 e. The molecule has 0 amide bonds. The van der Waals surface area contributed by atoms with Gasteiger partial charge in [-0.3, -0.25) is 0 Å². The van der Waals surface area contributed by atoms with Crippen LogP contribution in [0.4, 0.5) is 17.6 Å². The van der Waals surface area contributed by atoms with Crippen molar-refractivity contribution in [2.24, 2.45) is 5.73 Å². The van der Waals surface area contributed by atoms with Crippen molar-refractivity contribution in [1.82, 2.24) is 0 Å². The summed E-state index contributed by atoms with van der Waals surface area (Å²) in [6.07, 6.45) is -5.41. The number of halogens is 4. The van der Waals surface area contributed by atoms with Crippen LogP contribution >= 0.6 is 0 Å². The lowest BCUT2D eigenvalue weighted by molar-refractivity contribution is -0.187. The normalized spacial score (nSPS) is 15.6. The molecule has 6 heteroatoms. The molecule has 0 aliphatic heterocycles. The summed E-state index contributed by atoms with van der Waals surface area (Å²) in [7, 11) is 0. The highest BCUT2D eigenvalue weighted by molar-refractivity contribution is 5.20. The van der Waals surface area contributed by atoms with Gasteiger partial charge in [-0.1, -0.05) is 12.1 Å². The summed E-state index contributed by atoms with van der Waals surface area (Å²) < 4.78 is 53.7.